The van der Waals surface area contributed by atoms with Crippen molar-refractivity contribution < 1.29 is 19.1 Å². The molecule has 1 aromatic carbocycles. The van der Waals surface area contributed by atoms with Gasteiger partial charge in [-0.2, -0.15) is 5.10 Å². The molecule has 3 rings (SSSR count). The number of rotatable bonds is 4. The second-order valence-corrected chi connectivity index (χ2v) is 5.29. The molecule has 1 fully saturated rings. The summed E-state index contributed by atoms with van der Waals surface area (Å²) in [5.41, 5.74) is 2.23. The quantitative estimate of drug-likeness (QED) is 0.899. The number of nitrogens with one attached hydrogen (secondary N) is 1. The maximum atomic E-state index is 13.0. The Kier molecular flexibility index (Phi) is 3.62. The molecule has 2 N–H and O–H groups in total. The molecule has 114 valence electrons. The molecule has 1 aliphatic rings. The number of aliphatic carboxylic acids is 1. The summed E-state index contributed by atoms with van der Waals surface area (Å²) in [5.74, 6) is -2.13. The zero-order chi connectivity index (χ0) is 15.7. The lowest BCUT2D eigenvalue weighted by Gasteiger charge is -2.16. The second-order valence-electron chi connectivity index (χ2n) is 5.29. The van der Waals surface area contributed by atoms with Crippen LogP contribution in [0.5, 0.6) is 0 Å². The Labute approximate surface area is 125 Å². The summed E-state index contributed by atoms with van der Waals surface area (Å²) in [4.78, 5) is 24.4. The first-order valence-electron chi connectivity index (χ1n) is 6.83. The number of hydrogen-bond acceptors (Lipinski definition) is 3. The number of aromatic amines is 1. The third-order valence-corrected chi connectivity index (χ3v) is 3.78. The van der Waals surface area contributed by atoms with Gasteiger partial charge in [-0.1, -0.05) is 0 Å². The van der Waals surface area contributed by atoms with Crippen molar-refractivity contribution in [3.05, 3.63) is 41.8 Å². The number of likely N-dealkylation sites (tertiary alicyclic amines) is 1. The molecule has 22 heavy (non-hydrogen) atoms. The molecule has 1 saturated heterocycles. The normalized spacial score (nSPS) is 18.0. The molecule has 0 spiro atoms. The summed E-state index contributed by atoms with van der Waals surface area (Å²) in [6.45, 7) is 0.480. The van der Waals surface area contributed by atoms with Crippen molar-refractivity contribution in [1.82, 2.24) is 15.1 Å². The summed E-state index contributed by atoms with van der Waals surface area (Å²) < 4.78 is 13.0. The third kappa shape index (κ3) is 2.69. The van der Waals surface area contributed by atoms with E-state index < -0.39 is 11.9 Å². The molecule has 2 aromatic rings. The highest BCUT2D eigenvalue weighted by atomic mass is 19.1. The number of H-pyrrole nitrogens is 1. The molecule has 0 saturated carbocycles. The molecule has 1 aliphatic heterocycles. The average molecular weight is 303 g/mol. The largest absolute Gasteiger partial charge is 0.481 e. The van der Waals surface area contributed by atoms with Crippen LogP contribution in [-0.4, -0.2) is 38.6 Å². The average Bonchev–Trinajstić information content (AvgIpc) is 3.08. The van der Waals surface area contributed by atoms with Gasteiger partial charge in [-0.05, 0) is 24.3 Å². The minimum atomic E-state index is -0.957. The van der Waals surface area contributed by atoms with Gasteiger partial charge in [-0.15, -0.1) is 0 Å². The summed E-state index contributed by atoms with van der Waals surface area (Å²) in [7, 11) is 0. The van der Waals surface area contributed by atoms with Crippen LogP contribution in [0.3, 0.4) is 0 Å². The monoisotopic (exact) mass is 303 g/mol. The van der Waals surface area contributed by atoms with Crippen molar-refractivity contribution in [2.24, 2.45) is 5.92 Å². The molecule has 1 amide bonds. The molecule has 7 heteroatoms. The van der Waals surface area contributed by atoms with E-state index in [1.165, 1.54) is 17.0 Å². The minimum absolute atomic E-state index is 0.0269. The maximum Gasteiger partial charge on any atom is 0.308 e. The number of carbonyl (C=O) groups is 2. The van der Waals surface area contributed by atoms with E-state index in [1.807, 2.05) is 0 Å². The fraction of sp³-hybridized carbons (Fsp3) is 0.267. The van der Waals surface area contributed by atoms with E-state index in [0.717, 1.165) is 11.1 Å². The number of carbonyl (C=O) groups excluding carboxylic acids is 1. The number of hydrogen-bond donors (Lipinski definition) is 2. The predicted octanol–water partition coefficient (Wildman–Crippen LogP) is 1.65. The number of aromatic nitrogens is 2. The highest BCUT2D eigenvalue weighted by molar-refractivity contribution is 5.86. The fourth-order valence-corrected chi connectivity index (χ4v) is 2.59. The van der Waals surface area contributed by atoms with Gasteiger partial charge in [0.1, 0.15) is 5.82 Å². The van der Waals surface area contributed by atoms with Crippen LogP contribution in [0.4, 0.5) is 4.39 Å². The highest BCUT2D eigenvalue weighted by Gasteiger charge is 2.34. The van der Waals surface area contributed by atoms with Crippen LogP contribution in [0.1, 0.15) is 12.0 Å². The van der Waals surface area contributed by atoms with E-state index in [9.17, 15) is 14.0 Å². The van der Waals surface area contributed by atoms with Gasteiger partial charge in [0, 0.05) is 30.6 Å². The highest BCUT2D eigenvalue weighted by Crippen LogP contribution is 2.25. The minimum Gasteiger partial charge on any atom is -0.481 e. The van der Waals surface area contributed by atoms with Crippen molar-refractivity contribution in [3.8, 4) is 11.3 Å². The molecule has 0 aliphatic carbocycles. The van der Waals surface area contributed by atoms with Crippen LogP contribution < -0.4 is 0 Å². The molecule has 1 aromatic heterocycles. The van der Waals surface area contributed by atoms with Crippen molar-refractivity contribution in [1.29, 1.82) is 0 Å². The molecule has 0 unspecified atom stereocenters. The number of nitrogens with zero attached hydrogens (tertiary/aromatic N) is 2. The first-order valence-corrected chi connectivity index (χ1v) is 6.83. The SMILES string of the molecule is O=C(O)[C@@H]1CC(=O)N(Cc2cn[nH]c2-c2ccc(F)cc2)C1. The smallest absolute Gasteiger partial charge is 0.308 e. The summed E-state index contributed by atoms with van der Waals surface area (Å²) >= 11 is 0. The van der Waals surface area contributed by atoms with Gasteiger partial charge in [0.2, 0.25) is 5.91 Å². The van der Waals surface area contributed by atoms with E-state index in [-0.39, 0.29) is 31.2 Å². The number of carboxylic acids is 1. The lowest BCUT2D eigenvalue weighted by Crippen LogP contribution is -2.25. The first kappa shape index (κ1) is 14.2. The van der Waals surface area contributed by atoms with Gasteiger partial charge in [-0.3, -0.25) is 14.7 Å². The van der Waals surface area contributed by atoms with Crippen molar-refractivity contribution in [2.75, 3.05) is 6.54 Å². The molecular formula is C15H14FN3O3. The molecule has 2 heterocycles. The van der Waals surface area contributed by atoms with Crippen molar-refractivity contribution >= 4 is 11.9 Å². The van der Waals surface area contributed by atoms with E-state index in [4.69, 9.17) is 5.11 Å². The van der Waals surface area contributed by atoms with Gasteiger partial charge in [0.05, 0.1) is 17.8 Å². The standard InChI is InChI=1S/C15H14FN3O3/c16-12-3-1-9(2-4-12)14-11(6-17-18-14)8-19-7-10(15(21)22)5-13(19)20/h1-4,6,10H,5,7-8H2,(H,17,18)(H,21,22)/t10-/m1/s1. The Morgan fingerprint density at radius 2 is 2.14 bits per heavy atom. The van der Waals surface area contributed by atoms with E-state index in [2.05, 4.69) is 10.2 Å². The predicted molar refractivity (Wildman–Crippen MR) is 75.1 cm³/mol. The van der Waals surface area contributed by atoms with Crippen LogP contribution >= 0.6 is 0 Å². The molecular weight excluding hydrogens is 289 g/mol. The molecule has 1 atom stereocenters. The maximum absolute atomic E-state index is 13.0. The van der Waals surface area contributed by atoms with Gasteiger partial charge in [0.15, 0.2) is 0 Å². The lowest BCUT2D eigenvalue weighted by atomic mass is 10.1. The Morgan fingerprint density at radius 3 is 2.77 bits per heavy atom. The first-order chi connectivity index (χ1) is 10.5. The number of amides is 1. The lowest BCUT2D eigenvalue weighted by molar-refractivity contribution is -0.141. The van der Waals surface area contributed by atoms with Gasteiger partial charge in [-0.25, -0.2) is 4.39 Å². The van der Waals surface area contributed by atoms with Crippen LogP contribution in [-0.2, 0) is 16.1 Å². The summed E-state index contributed by atoms with van der Waals surface area (Å²) in [5, 5.41) is 15.8. The van der Waals surface area contributed by atoms with Crippen LogP contribution in [0.15, 0.2) is 30.5 Å². The van der Waals surface area contributed by atoms with E-state index in [1.54, 1.807) is 18.3 Å². The van der Waals surface area contributed by atoms with Crippen molar-refractivity contribution in [2.45, 2.75) is 13.0 Å². The van der Waals surface area contributed by atoms with Crippen LogP contribution in [0.25, 0.3) is 11.3 Å². The van der Waals surface area contributed by atoms with Crippen molar-refractivity contribution in [3.63, 3.8) is 0 Å². The van der Waals surface area contributed by atoms with Crippen LogP contribution in [0.2, 0.25) is 0 Å². The Hall–Kier alpha value is -2.70. The van der Waals surface area contributed by atoms with E-state index >= 15 is 0 Å². The number of carboxylic acid groups (broad SMARTS) is 1. The molecule has 0 radical (unpaired) electrons. The third-order valence-electron chi connectivity index (χ3n) is 3.78. The Balaban J connectivity index is 1.80. The van der Waals surface area contributed by atoms with E-state index in [0.29, 0.717) is 5.69 Å². The second kappa shape index (κ2) is 5.59. The number of benzene rings is 1. The molecule has 6 nitrogen and oxygen atoms in total. The molecule has 0 bridgehead atoms. The number of halogens is 1. The topological polar surface area (TPSA) is 86.3 Å². The van der Waals surface area contributed by atoms with Gasteiger partial charge >= 0.3 is 5.97 Å². The summed E-state index contributed by atoms with van der Waals surface area (Å²) in [6, 6.07) is 5.94. The van der Waals surface area contributed by atoms with Crippen LogP contribution in [0, 0.1) is 11.7 Å². The zero-order valence-electron chi connectivity index (χ0n) is 11.6. The van der Waals surface area contributed by atoms with Gasteiger partial charge < -0.3 is 10.0 Å². The van der Waals surface area contributed by atoms with Gasteiger partial charge in [0.25, 0.3) is 0 Å². The zero-order valence-corrected chi connectivity index (χ0v) is 11.6. The fourth-order valence-electron chi connectivity index (χ4n) is 2.59. The Morgan fingerprint density at radius 1 is 1.41 bits per heavy atom. The Bertz CT molecular complexity index is 711. The summed E-state index contributed by atoms with van der Waals surface area (Å²) in [6.07, 6.45) is 1.62.